The van der Waals surface area contributed by atoms with E-state index in [2.05, 4.69) is 20.9 Å². The van der Waals surface area contributed by atoms with E-state index >= 15 is 0 Å². The number of carbonyl (C=O) groups excluding carboxylic acids is 1. The van der Waals surface area contributed by atoms with Crippen molar-refractivity contribution in [2.75, 3.05) is 10.7 Å². The normalized spacial score (nSPS) is 16.9. The number of rotatable bonds is 6. The lowest BCUT2D eigenvalue weighted by Gasteiger charge is -2.33. The number of fused-ring (bicyclic) bond motifs is 1. The molecule has 0 radical (unpaired) electrons. The number of hydrogen-bond acceptors (Lipinski definition) is 6. The maximum Gasteiger partial charge on any atom is 0.240 e. The van der Waals surface area contributed by atoms with Gasteiger partial charge in [0.1, 0.15) is 17.6 Å². The number of nitrogens with one attached hydrogen (secondary N) is 2. The first kappa shape index (κ1) is 22.3. The van der Waals surface area contributed by atoms with Crippen LogP contribution in [0.25, 0.3) is 0 Å². The molecule has 172 valence electrons. The second kappa shape index (κ2) is 9.79. The first-order valence-electron chi connectivity index (χ1n) is 10.8. The van der Waals surface area contributed by atoms with Gasteiger partial charge in [-0.1, -0.05) is 78.0 Å². The Morgan fingerprint density at radius 1 is 1.09 bits per heavy atom. The van der Waals surface area contributed by atoms with Crippen LogP contribution in [0, 0.1) is 6.92 Å². The van der Waals surface area contributed by atoms with Crippen LogP contribution >= 0.6 is 23.4 Å². The smallest absolute Gasteiger partial charge is 0.240 e. The molecular formula is C25H22ClN5O2S. The number of anilines is 1. The lowest BCUT2D eigenvalue weighted by Crippen LogP contribution is -2.41. The molecule has 1 aliphatic rings. The van der Waals surface area contributed by atoms with Gasteiger partial charge in [-0.05, 0) is 42.3 Å². The molecule has 5 rings (SSSR count). The molecule has 7 nitrogen and oxygen atoms in total. The number of halogens is 1. The number of amides is 1. The van der Waals surface area contributed by atoms with Crippen molar-refractivity contribution in [1.82, 2.24) is 14.9 Å². The zero-order valence-corrected chi connectivity index (χ0v) is 19.9. The molecule has 0 fully saturated rings. The molecule has 9 heteroatoms. The number of benzene rings is 3. The maximum absolute atomic E-state index is 13.4. The highest BCUT2D eigenvalue weighted by Gasteiger charge is 2.38. The number of aryl methyl sites for hydroxylation is 1. The lowest BCUT2D eigenvalue weighted by molar-refractivity contribution is -0.116. The summed E-state index contributed by atoms with van der Waals surface area (Å²) in [6.45, 7) is 2.16. The maximum atomic E-state index is 13.4. The Hall–Kier alpha value is -3.49. The van der Waals surface area contributed by atoms with E-state index < -0.39 is 5.25 Å². The molecule has 1 amide bonds. The highest BCUT2D eigenvalue weighted by molar-refractivity contribution is 8.00. The molecule has 0 saturated heterocycles. The summed E-state index contributed by atoms with van der Waals surface area (Å²) in [5.74, 6) is 1.22. The zero-order chi connectivity index (χ0) is 23.5. The number of hydrogen-bond donors (Lipinski definition) is 2. The van der Waals surface area contributed by atoms with Gasteiger partial charge in [0, 0.05) is 10.7 Å². The first-order chi connectivity index (χ1) is 16.6. The van der Waals surface area contributed by atoms with Gasteiger partial charge in [0.2, 0.25) is 11.1 Å². The molecule has 0 saturated carbocycles. The summed E-state index contributed by atoms with van der Waals surface area (Å²) >= 11 is 7.61. The number of thioether (sulfide) groups is 1. The third-order valence-corrected chi connectivity index (χ3v) is 7.09. The fourth-order valence-electron chi connectivity index (χ4n) is 3.65. The molecule has 34 heavy (non-hydrogen) atoms. The molecule has 0 aliphatic carbocycles. The van der Waals surface area contributed by atoms with Crippen molar-refractivity contribution in [3.05, 3.63) is 101 Å². The van der Waals surface area contributed by atoms with E-state index in [4.69, 9.17) is 16.3 Å². The summed E-state index contributed by atoms with van der Waals surface area (Å²) in [5, 5.41) is 12.3. The van der Waals surface area contributed by atoms with Crippen LogP contribution in [-0.4, -0.2) is 26.0 Å². The molecule has 1 aliphatic heterocycles. The van der Waals surface area contributed by atoms with Gasteiger partial charge in [-0.2, -0.15) is 0 Å². The topological polar surface area (TPSA) is 81.1 Å². The highest BCUT2D eigenvalue weighted by Crippen LogP contribution is 2.37. The minimum Gasteiger partial charge on any atom is -0.486 e. The Kier molecular flexibility index (Phi) is 6.42. The van der Waals surface area contributed by atoms with Crippen molar-refractivity contribution in [2.24, 2.45) is 0 Å². The Labute approximate surface area is 206 Å². The quantitative estimate of drug-likeness (QED) is 0.385. The molecule has 2 atom stereocenters. The summed E-state index contributed by atoms with van der Waals surface area (Å²) in [5.41, 5.74) is 6.02. The minimum atomic E-state index is -0.484. The Morgan fingerprint density at radius 2 is 1.82 bits per heavy atom. The molecule has 0 spiro atoms. The molecule has 4 aromatic rings. The van der Waals surface area contributed by atoms with Crippen molar-refractivity contribution in [3.8, 4) is 5.75 Å². The minimum absolute atomic E-state index is 0.150. The van der Waals surface area contributed by atoms with Crippen molar-refractivity contribution in [3.63, 3.8) is 0 Å². The van der Waals surface area contributed by atoms with Gasteiger partial charge in [0.05, 0.1) is 6.04 Å². The van der Waals surface area contributed by atoms with E-state index in [0.29, 0.717) is 21.7 Å². The van der Waals surface area contributed by atoms with E-state index in [1.165, 1.54) is 11.8 Å². The van der Waals surface area contributed by atoms with Crippen molar-refractivity contribution < 1.29 is 9.53 Å². The predicted octanol–water partition coefficient (Wildman–Crippen LogP) is 5.22. The number of aromatic nitrogens is 3. The molecular weight excluding hydrogens is 470 g/mol. The Balaban J connectivity index is 1.40. The van der Waals surface area contributed by atoms with Crippen molar-refractivity contribution >= 4 is 35.0 Å². The third-order valence-electron chi connectivity index (χ3n) is 5.47. The van der Waals surface area contributed by atoms with Crippen LogP contribution in [0.1, 0.15) is 23.0 Å². The fraction of sp³-hybridized carbons (Fsp3) is 0.160. The average molecular weight is 492 g/mol. The van der Waals surface area contributed by atoms with Crippen LogP contribution in [0.15, 0.2) is 84.0 Å². The van der Waals surface area contributed by atoms with Crippen LogP contribution in [0.3, 0.4) is 0 Å². The van der Waals surface area contributed by atoms with Gasteiger partial charge in [-0.25, -0.2) is 4.68 Å². The fourth-order valence-corrected chi connectivity index (χ4v) is 4.93. The van der Waals surface area contributed by atoms with Gasteiger partial charge in [-0.15, -0.1) is 10.2 Å². The molecule has 3 aromatic carbocycles. The second-order valence-electron chi connectivity index (χ2n) is 7.85. The summed E-state index contributed by atoms with van der Waals surface area (Å²) in [7, 11) is 0. The highest BCUT2D eigenvalue weighted by atomic mass is 35.5. The van der Waals surface area contributed by atoms with Gasteiger partial charge in [0.25, 0.3) is 0 Å². The van der Waals surface area contributed by atoms with Gasteiger partial charge in [-0.3, -0.25) is 4.79 Å². The summed E-state index contributed by atoms with van der Waals surface area (Å²) in [6.07, 6.45) is 0. The van der Waals surface area contributed by atoms with Crippen LogP contribution < -0.4 is 15.5 Å². The van der Waals surface area contributed by atoms with E-state index in [1.807, 2.05) is 79.7 Å². The summed E-state index contributed by atoms with van der Waals surface area (Å²) in [4.78, 5) is 13.4. The first-order valence-corrected chi connectivity index (χ1v) is 12.0. The number of ether oxygens (including phenoxy) is 1. The van der Waals surface area contributed by atoms with Crippen molar-refractivity contribution in [2.45, 2.75) is 30.0 Å². The predicted molar refractivity (Wildman–Crippen MR) is 134 cm³/mol. The van der Waals surface area contributed by atoms with Crippen molar-refractivity contribution in [1.29, 1.82) is 0 Å². The van der Waals surface area contributed by atoms with Gasteiger partial charge < -0.3 is 15.5 Å². The number of carbonyl (C=O) groups is 1. The standard InChI is InChI=1S/C25H22ClN5O2S/c1-16-12-13-18(14-20(16)26)27-24(32)23-22(17-8-4-2-5-9-17)30-31-21(28-29-25(31)34-23)15-33-19-10-6-3-7-11-19/h2-14,22-23,30H,15H2,1H3,(H,27,32). The third kappa shape index (κ3) is 4.73. The number of nitrogens with zero attached hydrogens (tertiary/aromatic N) is 3. The molecule has 2 unspecified atom stereocenters. The molecule has 2 heterocycles. The van der Waals surface area contributed by atoms with E-state index in [-0.39, 0.29) is 18.6 Å². The van der Waals surface area contributed by atoms with E-state index in [0.717, 1.165) is 16.9 Å². The Bertz CT molecular complexity index is 1300. The van der Waals surface area contributed by atoms with Crippen LogP contribution in [0.5, 0.6) is 5.75 Å². The van der Waals surface area contributed by atoms with Crippen LogP contribution in [-0.2, 0) is 11.4 Å². The van der Waals surface area contributed by atoms with Crippen LogP contribution in [0.4, 0.5) is 5.69 Å². The zero-order valence-electron chi connectivity index (χ0n) is 18.3. The lowest BCUT2D eigenvalue weighted by atomic mass is 10.0. The molecule has 2 N–H and O–H groups in total. The van der Waals surface area contributed by atoms with Gasteiger partial charge in [0.15, 0.2) is 5.82 Å². The largest absolute Gasteiger partial charge is 0.486 e. The monoisotopic (exact) mass is 491 g/mol. The second-order valence-corrected chi connectivity index (χ2v) is 9.36. The van der Waals surface area contributed by atoms with E-state index in [1.54, 1.807) is 10.7 Å². The average Bonchev–Trinajstić information content (AvgIpc) is 3.27. The van der Waals surface area contributed by atoms with Gasteiger partial charge >= 0.3 is 0 Å². The molecule has 1 aromatic heterocycles. The SMILES string of the molecule is Cc1ccc(NC(=O)C2Sc3nnc(COc4ccccc4)n3NC2c2ccccc2)cc1Cl. The Morgan fingerprint density at radius 3 is 2.56 bits per heavy atom. The summed E-state index contributed by atoms with van der Waals surface area (Å²) < 4.78 is 7.67. The molecule has 0 bridgehead atoms. The summed E-state index contributed by atoms with van der Waals surface area (Å²) in [6, 6.07) is 24.6. The van der Waals surface area contributed by atoms with E-state index in [9.17, 15) is 4.79 Å². The van der Waals surface area contributed by atoms with Crippen LogP contribution in [0.2, 0.25) is 5.02 Å². The number of para-hydroxylation sites is 1.